The molecule has 16 heteroatoms. The van der Waals surface area contributed by atoms with Gasteiger partial charge >= 0.3 is 0 Å². The lowest BCUT2D eigenvalue weighted by Crippen LogP contribution is -2.54. The first-order valence-electron chi connectivity index (χ1n) is 17.5. The van der Waals surface area contributed by atoms with Crippen LogP contribution in [0.25, 0.3) is 11.6 Å². The molecule has 0 bridgehead atoms. The Morgan fingerprint density at radius 3 is 2.64 bits per heavy atom. The molecule has 2 aliphatic heterocycles. The number of rotatable bonds is 16. The number of H-pyrrole nitrogens is 1. The summed E-state index contributed by atoms with van der Waals surface area (Å²) in [4.78, 5) is 77.6. The molecule has 3 aromatic rings. The number of amides is 4. The van der Waals surface area contributed by atoms with E-state index < -0.39 is 37.5 Å². The van der Waals surface area contributed by atoms with Crippen LogP contribution in [0, 0.1) is 25.6 Å². The molecule has 5 rings (SSSR count). The number of benzene rings is 2. The molecule has 1 saturated heterocycles. The summed E-state index contributed by atoms with van der Waals surface area (Å²) in [7, 11) is -4.90. The molecule has 0 aliphatic carbocycles. The first-order chi connectivity index (χ1) is 25.3. The molecule has 1 aromatic heterocycles. The number of halogens is 1. The van der Waals surface area contributed by atoms with Crippen molar-refractivity contribution in [3.05, 3.63) is 88.0 Å². The maximum absolute atomic E-state index is 14.0. The average Bonchev–Trinajstić information content (AvgIpc) is 3.76. The van der Waals surface area contributed by atoms with Crippen LogP contribution in [-0.2, 0) is 29.9 Å². The number of hydrogen-bond donors (Lipinski definition) is 6. The molecule has 2 unspecified atom stereocenters. The molecule has 4 amide bonds. The van der Waals surface area contributed by atoms with Crippen LogP contribution in [0.5, 0.6) is 0 Å². The third-order valence-electron chi connectivity index (χ3n) is 9.65. The smallest absolute Gasteiger partial charge is 0.265 e. The molecule has 1 fully saturated rings. The summed E-state index contributed by atoms with van der Waals surface area (Å²) in [5.74, 6) is -2.39. The quantitative estimate of drug-likeness (QED) is 0.0720. The van der Waals surface area contributed by atoms with Crippen LogP contribution in [0.4, 0.5) is 10.1 Å². The van der Waals surface area contributed by atoms with Crippen LogP contribution in [0.3, 0.4) is 0 Å². The number of nitrogens with one attached hydrogen (secondary N) is 4. The van der Waals surface area contributed by atoms with Crippen molar-refractivity contribution >= 4 is 48.8 Å². The Morgan fingerprint density at radius 2 is 1.92 bits per heavy atom. The SMILES string of the molecule is Cc1[nH]c(/C=C2\C(=O)Nc3ccc(F)cc32)c(C)c1CCC(=O)N[C@@H]1CCN(C(=O)c2ccccc2)[C@@H]1C(=O)NCCCCC(CO)COP(=O)([O-])O. The van der Waals surface area contributed by atoms with Gasteiger partial charge in [-0.3, -0.25) is 23.7 Å². The number of unbranched alkanes of at least 4 members (excludes halogenated alkanes) is 1. The van der Waals surface area contributed by atoms with E-state index in [0.29, 0.717) is 60.2 Å². The number of hydrogen-bond acceptors (Lipinski definition) is 8. The van der Waals surface area contributed by atoms with Crippen LogP contribution < -0.4 is 20.8 Å². The van der Waals surface area contributed by atoms with Crippen molar-refractivity contribution < 1.29 is 47.6 Å². The molecule has 0 spiro atoms. The van der Waals surface area contributed by atoms with Crippen molar-refractivity contribution in [1.29, 1.82) is 0 Å². The molecule has 4 atom stereocenters. The van der Waals surface area contributed by atoms with Gasteiger partial charge in [-0.05, 0) is 87.1 Å². The van der Waals surface area contributed by atoms with Crippen LogP contribution in [0.1, 0.15) is 70.5 Å². The Morgan fingerprint density at radius 1 is 1.17 bits per heavy atom. The van der Waals surface area contributed by atoms with Gasteiger partial charge in [0.1, 0.15) is 11.9 Å². The molecular weight excluding hydrogens is 708 g/mol. The maximum Gasteiger partial charge on any atom is 0.265 e. The Labute approximate surface area is 306 Å². The highest BCUT2D eigenvalue weighted by Crippen LogP contribution is 2.35. The molecule has 284 valence electrons. The topological polar surface area (TPSA) is 213 Å². The van der Waals surface area contributed by atoms with E-state index >= 15 is 0 Å². The number of fused-ring (bicyclic) bond motifs is 1. The molecule has 6 N–H and O–H groups in total. The molecule has 0 saturated carbocycles. The highest BCUT2D eigenvalue weighted by molar-refractivity contribution is 7.44. The number of likely N-dealkylation sites (tertiary alicyclic amines) is 1. The van der Waals surface area contributed by atoms with Crippen molar-refractivity contribution in [2.24, 2.45) is 5.92 Å². The van der Waals surface area contributed by atoms with Gasteiger partial charge in [-0.25, -0.2) is 4.39 Å². The van der Waals surface area contributed by atoms with Crippen LogP contribution in [0.15, 0.2) is 48.5 Å². The van der Waals surface area contributed by atoms with Gasteiger partial charge in [-0.2, -0.15) is 0 Å². The Kier molecular flexibility index (Phi) is 13.0. The van der Waals surface area contributed by atoms with Crippen molar-refractivity contribution in [3.63, 3.8) is 0 Å². The van der Waals surface area contributed by atoms with Crippen LogP contribution in [0.2, 0.25) is 0 Å². The van der Waals surface area contributed by atoms with Gasteiger partial charge in [0.05, 0.1) is 18.2 Å². The molecule has 3 heterocycles. The predicted molar refractivity (Wildman–Crippen MR) is 193 cm³/mol. The van der Waals surface area contributed by atoms with Gasteiger partial charge in [0.25, 0.3) is 19.6 Å². The van der Waals surface area contributed by atoms with Gasteiger partial charge in [-0.1, -0.05) is 24.6 Å². The predicted octanol–water partition coefficient (Wildman–Crippen LogP) is 2.97. The normalized spacial score (nSPS) is 19.1. The number of phosphoric acid groups is 1. The maximum atomic E-state index is 14.0. The summed E-state index contributed by atoms with van der Waals surface area (Å²) >= 11 is 0. The van der Waals surface area contributed by atoms with E-state index in [2.05, 4.69) is 25.5 Å². The summed E-state index contributed by atoms with van der Waals surface area (Å²) in [6.45, 7) is 3.52. The zero-order chi connectivity index (χ0) is 38.3. The van der Waals surface area contributed by atoms with Crippen molar-refractivity contribution in [1.82, 2.24) is 20.5 Å². The second-order valence-electron chi connectivity index (χ2n) is 13.3. The largest absolute Gasteiger partial charge is 0.756 e. The summed E-state index contributed by atoms with van der Waals surface area (Å²) in [5.41, 5.74) is 4.95. The number of aliphatic hydroxyl groups is 1. The summed E-state index contributed by atoms with van der Waals surface area (Å²) in [6, 6.07) is 11.0. The van der Waals surface area contributed by atoms with E-state index in [0.717, 1.165) is 16.8 Å². The third kappa shape index (κ3) is 10.1. The second kappa shape index (κ2) is 17.4. The Bertz CT molecular complexity index is 1910. The minimum Gasteiger partial charge on any atom is -0.756 e. The van der Waals surface area contributed by atoms with Gasteiger partial charge in [-0.15, -0.1) is 0 Å². The van der Waals surface area contributed by atoms with Crippen molar-refractivity contribution in [2.75, 3.05) is 31.6 Å². The highest BCUT2D eigenvalue weighted by Gasteiger charge is 2.42. The van der Waals surface area contributed by atoms with E-state index in [1.807, 2.05) is 13.8 Å². The van der Waals surface area contributed by atoms with Crippen LogP contribution in [-0.4, -0.2) is 81.9 Å². The Balaban J connectivity index is 1.21. The molecule has 14 nitrogen and oxygen atoms in total. The number of aryl methyl sites for hydroxylation is 1. The average molecular weight is 753 g/mol. The van der Waals surface area contributed by atoms with E-state index in [9.17, 15) is 38.1 Å². The lowest BCUT2D eigenvalue weighted by Gasteiger charge is -2.28. The molecular formula is C37H44FN5O9P-. The molecule has 53 heavy (non-hydrogen) atoms. The monoisotopic (exact) mass is 752 g/mol. The lowest BCUT2D eigenvalue weighted by molar-refractivity contribution is -0.221. The number of aromatic amines is 1. The van der Waals surface area contributed by atoms with E-state index in [4.69, 9.17) is 4.89 Å². The van der Waals surface area contributed by atoms with Crippen molar-refractivity contribution in [3.8, 4) is 0 Å². The molecule has 0 radical (unpaired) electrons. The number of nitrogens with zero attached hydrogens (tertiary/aromatic N) is 1. The lowest BCUT2D eigenvalue weighted by atomic mass is 10.0. The minimum atomic E-state index is -4.90. The standard InChI is InChI=1S/C37H45FN5O9P/c1-22-27(23(2)40-32(22)19-29-28-18-26(38)11-13-30(28)42-35(29)46)12-14-33(45)41-31-15-17-43(37(48)25-9-4-3-5-10-25)34(31)36(47)39-16-7-6-8-24(20-44)21-52-53(49,50)51/h3-5,9-11,13,18-19,24,31,34,40,44H,6-8,12,14-17,20-21H2,1-2H3,(H,39,47)(H,41,45)(H,42,46)(H2,49,50,51)/p-1/b29-19-/t24?,31-,34+/m1/s1. The number of aliphatic hydroxyl groups excluding tert-OH is 1. The number of anilines is 1. The minimum absolute atomic E-state index is 0.0926. The van der Waals surface area contributed by atoms with E-state index in [1.54, 1.807) is 36.4 Å². The van der Waals surface area contributed by atoms with Gasteiger partial charge in [0, 0.05) is 60.2 Å². The fourth-order valence-corrected chi connectivity index (χ4v) is 7.24. The molecule has 2 aromatic carbocycles. The number of carbonyl (C=O) groups is 4. The van der Waals surface area contributed by atoms with E-state index in [-0.39, 0.29) is 50.4 Å². The first kappa shape index (κ1) is 39.5. The molecule has 2 aliphatic rings. The number of phosphoric ester groups is 1. The summed E-state index contributed by atoms with van der Waals surface area (Å²) < 4.78 is 29.2. The Hall–Kier alpha value is -4.66. The fraction of sp³-hybridized carbons (Fsp3) is 0.405. The third-order valence-corrected chi connectivity index (χ3v) is 10.1. The van der Waals surface area contributed by atoms with Crippen LogP contribution >= 0.6 is 7.82 Å². The zero-order valence-corrected chi connectivity index (χ0v) is 30.4. The zero-order valence-electron chi connectivity index (χ0n) is 29.5. The number of aromatic nitrogens is 1. The summed E-state index contributed by atoms with van der Waals surface area (Å²) in [6.07, 6.45) is 3.87. The summed E-state index contributed by atoms with van der Waals surface area (Å²) in [5, 5.41) is 18.1. The van der Waals surface area contributed by atoms with Gasteiger partial charge in [0.15, 0.2) is 0 Å². The van der Waals surface area contributed by atoms with Crippen molar-refractivity contribution in [2.45, 2.75) is 64.5 Å². The van der Waals surface area contributed by atoms with Gasteiger partial charge in [0.2, 0.25) is 11.8 Å². The van der Waals surface area contributed by atoms with Gasteiger partial charge < -0.3 is 45.3 Å². The highest BCUT2D eigenvalue weighted by atomic mass is 31.2. The number of carbonyl (C=O) groups excluding carboxylic acids is 4. The first-order valence-corrected chi connectivity index (χ1v) is 19.0. The second-order valence-corrected chi connectivity index (χ2v) is 14.5. The fourth-order valence-electron chi connectivity index (χ4n) is 6.84. The van der Waals surface area contributed by atoms with E-state index in [1.165, 1.54) is 23.1 Å².